The molecule has 0 saturated carbocycles. The van der Waals surface area contributed by atoms with E-state index in [1.54, 1.807) is 6.08 Å². The highest BCUT2D eigenvalue weighted by Gasteiger charge is 2.15. The lowest BCUT2D eigenvalue weighted by Crippen LogP contribution is -2.29. The lowest BCUT2D eigenvalue weighted by molar-refractivity contribution is 0.170. The van der Waals surface area contributed by atoms with Gasteiger partial charge in [-0.1, -0.05) is 32.1 Å². The molecule has 102 valence electrons. The van der Waals surface area contributed by atoms with Crippen LogP contribution in [0.1, 0.15) is 39.5 Å². The summed E-state index contributed by atoms with van der Waals surface area (Å²) >= 11 is 0. The fourth-order valence-electron chi connectivity index (χ4n) is 2.12. The van der Waals surface area contributed by atoms with Gasteiger partial charge >= 0.3 is 0 Å². The molecule has 0 amide bonds. The van der Waals surface area contributed by atoms with Crippen LogP contribution in [0.2, 0.25) is 0 Å². The van der Waals surface area contributed by atoms with E-state index < -0.39 is 0 Å². The summed E-state index contributed by atoms with van der Waals surface area (Å²) < 4.78 is 5.82. The third-order valence-electron chi connectivity index (χ3n) is 3.32. The topological polar surface area (TPSA) is 21.3 Å². The molecular weight excluding hydrogens is 222 g/mol. The highest BCUT2D eigenvalue weighted by atomic mass is 16.5. The summed E-state index contributed by atoms with van der Waals surface area (Å²) in [6, 6.07) is 0.650. The molecule has 0 aliphatic carbocycles. The third kappa shape index (κ3) is 6.06. The first-order chi connectivity index (χ1) is 8.76. The summed E-state index contributed by atoms with van der Waals surface area (Å²) in [6.45, 7) is 10.0. The van der Waals surface area contributed by atoms with Gasteiger partial charge in [0.15, 0.2) is 0 Å². The van der Waals surface area contributed by atoms with Crippen LogP contribution in [0, 0.1) is 5.92 Å². The molecule has 1 fully saturated rings. The maximum absolute atomic E-state index is 5.82. The van der Waals surface area contributed by atoms with Crippen molar-refractivity contribution in [3.63, 3.8) is 0 Å². The van der Waals surface area contributed by atoms with Crippen LogP contribution in [0.5, 0.6) is 0 Å². The molecule has 2 nitrogen and oxygen atoms in total. The van der Waals surface area contributed by atoms with Gasteiger partial charge in [0.25, 0.3) is 0 Å². The highest BCUT2D eigenvalue weighted by Crippen LogP contribution is 2.16. The molecule has 1 aliphatic heterocycles. The Kier molecular flexibility index (Phi) is 7.51. The molecule has 1 N–H and O–H groups in total. The summed E-state index contributed by atoms with van der Waals surface area (Å²) in [6.07, 6.45) is 12.8. The van der Waals surface area contributed by atoms with Crippen LogP contribution in [0.15, 0.2) is 36.6 Å². The highest BCUT2D eigenvalue weighted by molar-refractivity contribution is 5.16. The monoisotopic (exact) mass is 249 g/mol. The Morgan fingerprint density at radius 1 is 1.44 bits per heavy atom. The van der Waals surface area contributed by atoms with Gasteiger partial charge in [0, 0.05) is 18.5 Å². The van der Waals surface area contributed by atoms with Crippen LogP contribution in [-0.4, -0.2) is 19.2 Å². The van der Waals surface area contributed by atoms with E-state index >= 15 is 0 Å². The first-order valence-corrected chi connectivity index (χ1v) is 7.11. The van der Waals surface area contributed by atoms with Crippen molar-refractivity contribution in [3.8, 4) is 0 Å². The molecule has 2 heteroatoms. The van der Waals surface area contributed by atoms with Crippen molar-refractivity contribution in [1.82, 2.24) is 5.32 Å². The summed E-state index contributed by atoms with van der Waals surface area (Å²) in [5.74, 6) is 1.49. The van der Waals surface area contributed by atoms with E-state index in [0.29, 0.717) is 12.0 Å². The number of hydrogen-bond donors (Lipinski definition) is 1. The zero-order chi connectivity index (χ0) is 13.2. The second kappa shape index (κ2) is 8.98. The van der Waals surface area contributed by atoms with Crippen molar-refractivity contribution in [2.75, 3.05) is 13.2 Å². The van der Waals surface area contributed by atoms with Crippen molar-refractivity contribution in [3.05, 3.63) is 36.6 Å². The van der Waals surface area contributed by atoms with E-state index in [2.05, 4.69) is 31.8 Å². The fourth-order valence-corrected chi connectivity index (χ4v) is 2.12. The largest absolute Gasteiger partial charge is 0.493 e. The van der Waals surface area contributed by atoms with Crippen molar-refractivity contribution in [2.45, 2.75) is 45.6 Å². The Balaban J connectivity index is 2.35. The molecule has 0 aromatic rings. The van der Waals surface area contributed by atoms with Crippen LogP contribution >= 0.6 is 0 Å². The maximum atomic E-state index is 5.82. The van der Waals surface area contributed by atoms with E-state index in [0.717, 1.165) is 25.3 Å². The third-order valence-corrected chi connectivity index (χ3v) is 3.32. The zero-order valence-electron chi connectivity index (χ0n) is 11.8. The maximum Gasteiger partial charge on any atom is 0.118 e. The van der Waals surface area contributed by atoms with Gasteiger partial charge in [0.1, 0.15) is 5.76 Å². The van der Waals surface area contributed by atoms with Gasteiger partial charge in [-0.15, -0.1) is 0 Å². The number of ether oxygens (including phenoxy) is 1. The van der Waals surface area contributed by atoms with E-state index in [4.69, 9.17) is 4.74 Å². The minimum Gasteiger partial charge on any atom is -0.493 e. The lowest BCUT2D eigenvalue weighted by atomic mass is 10.0. The fraction of sp³-hybridized carbons (Fsp3) is 0.625. The molecule has 1 heterocycles. The molecule has 2 unspecified atom stereocenters. The summed E-state index contributed by atoms with van der Waals surface area (Å²) in [5, 5.41) is 3.55. The normalized spacial score (nSPS) is 26.0. The standard InChI is InChI=1S/C16H27NO/c1-4-6-7-11-16(5-2)18-13-15-10-8-9-14(3)17-12-15/h5-7,11,14-15,17H,2,4,8-10,12-13H2,1,3H3. The lowest BCUT2D eigenvalue weighted by Gasteiger charge is -2.16. The molecule has 2 atom stereocenters. The molecule has 0 spiro atoms. The summed E-state index contributed by atoms with van der Waals surface area (Å²) in [7, 11) is 0. The van der Waals surface area contributed by atoms with Gasteiger partial charge in [0.2, 0.25) is 0 Å². The Bertz CT molecular complexity index is 293. The minimum atomic E-state index is 0.619. The molecule has 0 radical (unpaired) electrons. The van der Waals surface area contributed by atoms with Crippen molar-refractivity contribution in [1.29, 1.82) is 0 Å². The van der Waals surface area contributed by atoms with Gasteiger partial charge < -0.3 is 10.1 Å². The number of hydrogen-bond acceptors (Lipinski definition) is 2. The first-order valence-electron chi connectivity index (χ1n) is 7.11. The van der Waals surface area contributed by atoms with E-state index in [1.807, 2.05) is 12.2 Å². The van der Waals surface area contributed by atoms with Crippen LogP contribution in [0.3, 0.4) is 0 Å². The summed E-state index contributed by atoms with van der Waals surface area (Å²) in [4.78, 5) is 0. The molecule has 1 rings (SSSR count). The zero-order valence-corrected chi connectivity index (χ0v) is 11.8. The number of allylic oxidation sites excluding steroid dienone is 4. The van der Waals surface area contributed by atoms with E-state index in [9.17, 15) is 0 Å². The Morgan fingerprint density at radius 3 is 3.00 bits per heavy atom. The molecular formula is C16H27NO. The Hall–Kier alpha value is -1.02. The van der Waals surface area contributed by atoms with E-state index in [1.165, 1.54) is 19.3 Å². The van der Waals surface area contributed by atoms with Gasteiger partial charge in [-0.25, -0.2) is 0 Å². The van der Waals surface area contributed by atoms with Gasteiger partial charge in [-0.05, 0) is 38.3 Å². The average Bonchev–Trinajstić information content (AvgIpc) is 2.58. The SMILES string of the molecule is C=CC(=CC=CCC)OCC1CCCC(C)NC1. The van der Waals surface area contributed by atoms with Crippen LogP contribution < -0.4 is 5.32 Å². The first kappa shape index (κ1) is 15.0. The molecule has 0 aromatic carbocycles. The van der Waals surface area contributed by atoms with Crippen LogP contribution in [-0.2, 0) is 4.74 Å². The molecule has 1 aliphatic rings. The second-order valence-corrected chi connectivity index (χ2v) is 5.03. The smallest absolute Gasteiger partial charge is 0.118 e. The summed E-state index contributed by atoms with van der Waals surface area (Å²) in [5.41, 5.74) is 0. The van der Waals surface area contributed by atoms with Crippen LogP contribution in [0.25, 0.3) is 0 Å². The van der Waals surface area contributed by atoms with Crippen molar-refractivity contribution >= 4 is 0 Å². The Labute approximate surface area is 112 Å². The molecule has 0 bridgehead atoms. The molecule has 0 aromatic heterocycles. The van der Waals surface area contributed by atoms with Gasteiger partial charge in [0.05, 0.1) is 6.61 Å². The predicted octanol–water partition coefficient (Wildman–Crippen LogP) is 3.82. The van der Waals surface area contributed by atoms with Crippen molar-refractivity contribution in [2.24, 2.45) is 5.92 Å². The molecule has 18 heavy (non-hydrogen) atoms. The van der Waals surface area contributed by atoms with Gasteiger partial charge in [-0.3, -0.25) is 0 Å². The Morgan fingerprint density at radius 2 is 2.28 bits per heavy atom. The van der Waals surface area contributed by atoms with Gasteiger partial charge in [-0.2, -0.15) is 0 Å². The minimum absolute atomic E-state index is 0.619. The molecule has 1 saturated heterocycles. The average molecular weight is 249 g/mol. The predicted molar refractivity (Wildman–Crippen MR) is 78.5 cm³/mol. The number of nitrogens with one attached hydrogen (secondary N) is 1. The van der Waals surface area contributed by atoms with Crippen LogP contribution in [0.4, 0.5) is 0 Å². The van der Waals surface area contributed by atoms with E-state index in [-0.39, 0.29) is 0 Å². The van der Waals surface area contributed by atoms with Crippen molar-refractivity contribution < 1.29 is 4.74 Å². The second-order valence-electron chi connectivity index (χ2n) is 5.03. The quantitative estimate of drug-likeness (QED) is 0.571. The number of rotatable bonds is 6.